The molecular weight excluding hydrogens is 464 g/mol. The van der Waals surface area contributed by atoms with Crippen LogP contribution in [0.15, 0.2) is 60.9 Å². The third-order valence-electron chi connectivity index (χ3n) is 7.76. The Bertz CT molecular complexity index is 1630. The molecule has 6 rings (SSSR count). The van der Waals surface area contributed by atoms with Crippen LogP contribution in [0, 0.1) is 24.0 Å². The molecule has 3 aromatic carbocycles. The van der Waals surface area contributed by atoms with E-state index in [0.717, 1.165) is 61.6 Å². The lowest BCUT2D eigenvalue weighted by Crippen LogP contribution is -2.25. The molecule has 7 heteroatoms. The average molecular weight is 495 g/mol. The van der Waals surface area contributed by atoms with Gasteiger partial charge >= 0.3 is 0 Å². The second-order valence-electron chi connectivity index (χ2n) is 9.98. The van der Waals surface area contributed by atoms with Crippen molar-refractivity contribution < 1.29 is 9.66 Å². The number of aryl methyl sites for hydroxylation is 2. The zero-order valence-corrected chi connectivity index (χ0v) is 21.2. The Morgan fingerprint density at radius 1 is 0.973 bits per heavy atom. The summed E-state index contributed by atoms with van der Waals surface area (Å²) in [5.41, 5.74) is 5.59. The van der Waals surface area contributed by atoms with Crippen LogP contribution in [0.3, 0.4) is 0 Å². The van der Waals surface area contributed by atoms with E-state index < -0.39 is 0 Å². The molecule has 0 N–H and O–H groups in total. The van der Waals surface area contributed by atoms with Gasteiger partial charge in [-0.2, -0.15) is 0 Å². The minimum atomic E-state index is -0.324. The van der Waals surface area contributed by atoms with Gasteiger partial charge in [0.25, 0.3) is 5.69 Å². The Balaban J connectivity index is 1.40. The number of pyridine rings is 1. The van der Waals surface area contributed by atoms with Gasteiger partial charge in [-0.15, -0.1) is 0 Å². The second-order valence-corrected chi connectivity index (χ2v) is 9.98. The number of ether oxygens (including phenoxy) is 1. The molecule has 2 aromatic heterocycles. The fourth-order valence-electron chi connectivity index (χ4n) is 5.84. The summed E-state index contributed by atoms with van der Waals surface area (Å²) < 4.78 is 8.29. The first-order chi connectivity index (χ1) is 18.0. The molecule has 1 aliphatic heterocycles. The molecular formula is C30H30N4O3. The van der Waals surface area contributed by atoms with Crippen molar-refractivity contribution in [1.29, 1.82) is 0 Å². The first-order valence-corrected chi connectivity index (χ1v) is 12.9. The van der Waals surface area contributed by atoms with E-state index in [2.05, 4.69) is 46.5 Å². The standard InChI is InChI=1S/C30H30N4O3/c1-20-27-18-31-12-11-25(27)21(2)30-29(20)26-17-23(34(35)36)7-10-28(26)33(30)19-22-5-8-24(9-6-22)37-16-15-32-13-3-4-14-32/h5-12,17-18H,3-4,13-16,19H2,1-2H3. The monoisotopic (exact) mass is 494 g/mol. The molecule has 0 amide bonds. The number of nitro groups is 1. The van der Waals surface area contributed by atoms with Gasteiger partial charge in [0, 0.05) is 59.3 Å². The highest BCUT2D eigenvalue weighted by Crippen LogP contribution is 2.40. The molecule has 3 heterocycles. The second kappa shape index (κ2) is 9.48. The molecule has 1 saturated heterocycles. The molecule has 0 saturated carbocycles. The van der Waals surface area contributed by atoms with E-state index in [0.29, 0.717) is 13.2 Å². The molecule has 5 aromatic rings. The number of aromatic nitrogens is 2. The van der Waals surface area contributed by atoms with Crippen LogP contribution in [-0.2, 0) is 6.54 Å². The van der Waals surface area contributed by atoms with Gasteiger partial charge < -0.3 is 9.30 Å². The molecule has 0 atom stereocenters. The van der Waals surface area contributed by atoms with Crippen molar-refractivity contribution in [2.24, 2.45) is 0 Å². The molecule has 0 spiro atoms. The number of likely N-dealkylation sites (tertiary alicyclic amines) is 1. The molecule has 37 heavy (non-hydrogen) atoms. The lowest BCUT2D eigenvalue weighted by atomic mass is 9.97. The number of nitro benzene ring substituents is 1. The van der Waals surface area contributed by atoms with Crippen molar-refractivity contribution >= 4 is 38.3 Å². The van der Waals surface area contributed by atoms with E-state index in [9.17, 15) is 10.1 Å². The van der Waals surface area contributed by atoms with E-state index in [1.807, 2.05) is 30.6 Å². The zero-order chi connectivity index (χ0) is 25.5. The molecule has 0 aliphatic carbocycles. The van der Waals surface area contributed by atoms with Crippen LogP contribution in [0.4, 0.5) is 5.69 Å². The lowest BCUT2D eigenvalue weighted by molar-refractivity contribution is -0.384. The highest BCUT2D eigenvalue weighted by Gasteiger charge is 2.20. The van der Waals surface area contributed by atoms with E-state index in [1.165, 1.54) is 25.9 Å². The number of non-ortho nitro benzene ring substituents is 1. The largest absolute Gasteiger partial charge is 0.492 e. The van der Waals surface area contributed by atoms with E-state index in [4.69, 9.17) is 4.74 Å². The predicted molar refractivity (Wildman–Crippen MR) is 148 cm³/mol. The normalized spacial score (nSPS) is 14.2. The molecule has 1 aliphatic rings. The fourth-order valence-corrected chi connectivity index (χ4v) is 5.84. The first kappa shape index (κ1) is 23.4. The Labute approximate surface area is 215 Å². The van der Waals surface area contributed by atoms with Crippen LogP contribution >= 0.6 is 0 Å². The third-order valence-corrected chi connectivity index (χ3v) is 7.76. The number of nitrogens with zero attached hydrogens (tertiary/aromatic N) is 4. The van der Waals surface area contributed by atoms with Crippen LogP contribution in [0.1, 0.15) is 29.5 Å². The fraction of sp³-hybridized carbons (Fsp3) is 0.300. The Hall–Kier alpha value is -3.97. The van der Waals surface area contributed by atoms with E-state index >= 15 is 0 Å². The van der Waals surface area contributed by atoms with Gasteiger partial charge in [0.05, 0.1) is 10.4 Å². The van der Waals surface area contributed by atoms with Crippen molar-refractivity contribution in [3.05, 3.63) is 87.7 Å². The van der Waals surface area contributed by atoms with Crippen LogP contribution in [0.5, 0.6) is 5.75 Å². The van der Waals surface area contributed by atoms with Gasteiger partial charge in [0.1, 0.15) is 12.4 Å². The Kier molecular flexibility index (Phi) is 6.00. The number of benzene rings is 3. The van der Waals surface area contributed by atoms with Gasteiger partial charge in [-0.1, -0.05) is 12.1 Å². The number of hydrogen-bond acceptors (Lipinski definition) is 5. The summed E-state index contributed by atoms with van der Waals surface area (Å²) >= 11 is 0. The predicted octanol–water partition coefficient (Wildman–Crippen LogP) is 6.39. The first-order valence-electron chi connectivity index (χ1n) is 12.9. The van der Waals surface area contributed by atoms with E-state index in [-0.39, 0.29) is 10.6 Å². The maximum atomic E-state index is 11.6. The molecule has 0 bridgehead atoms. The molecule has 0 radical (unpaired) electrons. The van der Waals surface area contributed by atoms with Crippen molar-refractivity contribution in [2.45, 2.75) is 33.2 Å². The maximum Gasteiger partial charge on any atom is 0.270 e. The van der Waals surface area contributed by atoms with Gasteiger partial charge in [0.15, 0.2) is 0 Å². The molecule has 188 valence electrons. The van der Waals surface area contributed by atoms with Crippen LogP contribution in [0.2, 0.25) is 0 Å². The summed E-state index contributed by atoms with van der Waals surface area (Å²) in [5, 5.41) is 15.8. The van der Waals surface area contributed by atoms with Crippen molar-refractivity contribution in [1.82, 2.24) is 14.5 Å². The van der Waals surface area contributed by atoms with Gasteiger partial charge in [0.2, 0.25) is 0 Å². The minimum Gasteiger partial charge on any atom is -0.492 e. The quantitative estimate of drug-likeness (QED) is 0.194. The molecule has 7 nitrogen and oxygen atoms in total. The number of fused-ring (bicyclic) bond motifs is 4. The highest BCUT2D eigenvalue weighted by molar-refractivity contribution is 6.17. The Morgan fingerprint density at radius 3 is 2.51 bits per heavy atom. The highest BCUT2D eigenvalue weighted by atomic mass is 16.6. The summed E-state index contributed by atoms with van der Waals surface area (Å²) in [4.78, 5) is 18.1. The topological polar surface area (TPSA) is 73.4 Å². The smallest absolute Gasteiger partial charge is 0.270 e. The lowest BCUT2D eigenvalue weighted by Gasteiger charge is -2.15. The van der Waals surface area contributed by atoms with Gasteiger partial charge in [-0.3, -0.25) is 20.0 Å². The minimum absolute atomic E-state index is 0.102. The summed E-state index contributed by atoms with van der Waals surface area (Å²) in [6.45, 7) is 8.89. The average Bonchev–Trinajstić information content (AvgIpc) is 3.54. The summed E-state index contributed by atoms with van der Waals surface area (Å²) in [5.74, 6) is 0.881. The Morgan fingerprint density at radius 2 is 1.76 bits per heavy atom. The summed E-state index contributed by atoms with van der Waals surface area (Å²) in [6.07, 6.45) is 6.29. The van der Waals surface area contributed by atoms with Crippen molar-refractivity contribution in [2.75, 3.05) is 26.2 Å². The van der Waals surface area contributed by atoms with Crippen molar-refractivity contribution in [3.63, 3.8) is 0 Å². The van der Waals surface area contributed by atoms with Crippen LogP contribution < -0.4 is 4.74 Å². The molecule has 0 unspecified atom stereocenters. The SMILES string of the molecule is Cc1c2cnccc2c(C)c2c1c1cc([N+](=O)[O-])ccc1n2Cc1ccc(OCCN2CCCC2)cc1. The van der Waals surface area contributed by atoms with Gasteiger partial charge in [-0.25, -0.2) is 0 Å². The third kappa shape index (κ3) is 4.19. The van der Waals surface area contributed by atoms with Crippen molar-refractivity contribution in [3.8, 4) is 5.75 Å². The maximum absolute atomic E-state index is 11.6. The zero-order valence-electron chi connectivity index (χ0n) is 21.2. The van der Waals surface area contributed by atoms with Crippen LogP contribution in [0.25, 0.3) is 32.6 Å². The summed E-state index contributed by atoms with van der Waals surface area (Å²) in [7, 11) is 0. The van der Waals surface area contributed by atoms with Gasteiger partial charge in [-0.05, 0) is 86.1 Å². The van der Waals surface area contributed by atoms with Crippen LogP contribution in [-0.4, -0.2) is 45.6 Å². The number of rotatable bonds is 7. The molecule has 1 fully saturated rings. The summed E-state index contributed by atoms with van der Waals surface area (Å²) in [6, 6.07) is 15.5. The van der Waals surface area contributed by atoms with E-state index in [1.54, 1.807) is 12.1 Å². The number of hydrogen-bond donors (Lipinski definition) is 0.